The topological polar surface area (TPSA) is 90.9 Å². The SMILES string of the molecule is CCOc1ccc(C(=O)NC[C@H](c2cccs2)S(=O)(=O)c2ccc(OC)cc2)cc1OCC. The van der Waals surface area contributed by atoms with Gasteiger partial charge in [-0.15, -0.1) is 11.3 Å². The van der Waals surface area contributed by atoms with Crippen LogP contribution in [0.25, 0.3) is 0 Å². The maximum Gasteiger partial charge on any atom is 0.251 e. The van der Waals surface area contributed by atoms with E-state index in [1.165, 1.54) is 30.6 Å². The molecule has 0 spiro atoms. The number of sulfone groups is 1. The first-order valence-electron chi connectivity index (χ1n) is 10.5. The van der Waals surface area contributed by atoms with Crippen LogP contribution < -0.4 is 19.5 Å². The fourth-order valence-corrected chi connectivity index (χ4v) is 6.03. The monoisotopic (exact) mass is 489 g/mol. The lowest BCUT2D eigenvalue weighted by Gasteiger charge is -2.18. The molecule has 3 aromatic rings. The summed E-state index contributed by atoms with van der Waals surface area (Å²) in [5.74, 6) is 1.18. The number of thiophene rings is 1. The van der Waals surface area contributed by atoms with Crippen molar-refractivity contribution in [3.63, 3.8) is 0 Å². The highest BCUT2D eigenvalue weighted by atomic mass is 32.2. The largest absolute Gasteiger partial charge is 0.497 e. The number of rotatable bonds is 11. The van der Waals surface area contributed by atoms with E-state index < -0.39 is 21.0 Å². The molecule has 1 aromatic heterocycles. The van der Waals surface area contributed by atoms with Crippen LogP contribution in [-0.2, 0) is 9.84 Å². The van der Waals surface area contributed by atoms with E-state index in [-0.39, 0.29) is 11.4 Å². The van der Waals surface area contributed by atoms with Crippen molar-refractivity contribution in [2.45, 2.75) is 24.0 Å². The van der Waals surface area contributed by atoms with E-state index >= 15 is 0 Å². The Hall–Kier alpha value is -3.04. The summed E-state index contributed by atoms with van der Waals surface area (Å²) in [5.41, 5.74) is 0.355. The van der Waals surface area contributed by atoms with E-state index in [4.69, 9.17) is 14.2 Å². The lowest BCUT2D eigenvalue weighted by Crippen LogP contribution is -2.31. The molecule has 176 valence electrons. The molecule has 1 N–H and O–H groups in total. The smallest absolute Gasteiger partial charge is 0.251 e. The van der Waals surface area contributed by atoms with E-state index in [1.807, 2.05) is 19.2 Å². The number of carbonyl (C=O) groups is 1. The summed E-state index contributed by atoms with van der Waals surface area (Å²) >= 11 is 1.33. The van der Waals surface area contributed by atoms with Crippen molar-refractivity contribution in [2.24, 2.45) is 0 Å². The van der Waals surface area contributed by atoms with Gasteiger partial charge in [0.2, 0.25) is 0 Å². The van der Waals surface area contributed by atoms with Crippen molar-refractivity contribution in [2.75, 3.05) is 26.9 Å². The molecule has 0 saturated heterocycles. The van der Waals surface area contributed by atoms with Gasteiger partial charge in [-0.3, -0.25) is 4.79 Å². The molecular weight excluding hydrogens is 462 g/mol. The minimum Gasteiger partial charge on any atom is -0.497 e. The van der Waals surface area contributed by atoms with Crippen LogP contribution >= 0.6 is 11.3 Å². The van der Waals surface area contributed by atoms with Crippen LogP contribution in [0.2, 0.25) is 0 Å². The molecule has 0 aliphatic rings. The summed E-state index contributed by atoms with van der Waals surface area (Å²) in [7, 11) is -2.24. The molecule has 33 heavy (non-hydrogen) atoms. The lowest BCUT2D eigenvalue weighted by atomic mass is 10.2. The van der Waals surface area contributed by atoms with Gasteiger partial charge in [-0.2, -0.15) is 0 Å². The Morgan fingerprint density at radius 3 is 2.30 bits per heavy atom. The summed E-state index contributed by atoms with van der Waals surface area (Å²) in [6.07, 6.45) is 0. The molecule has 1 heterocycles. The minimum atomic E-state index is -3.76. The Morgan fingerprint density at radius 2 is 1.70 bits per heavy atom. The van der Waals surface area contributed by atoms with E-state index in [0.29, 0.717) is 40.9 Å². The molecule has 7 nitrogen and oxygen atoms in total. The van der Waals surface area contributed by atoms with Crippen LogP contribution in [0, 0.1) is 0 Å². The molecule has 3 rings (SSSR count). The van der Waals surface area contributed by atoms with Crippen LogP contribution in [0.15, 0.2) is 64.9 Å². The molecular formula is C24H27NO6S2. The van der Waals surface area contributed by atoms with Gasteiger partial charge in [0.05, 0.1) is 25.2 Å². The Morgan fingerprint density at radius 1 is 1.00 bits per heavy atom. The number of hydrogen-bond donors (Lipinski definition) is 1. The van der Waals surface area contributed by atoms with Crippen LogP contribution in [0.1, 0.15) is 34.3 Å². The van der Waals surface area contributed by atoms with E-state index in [9.17, 15) is 13.2 Å². The first kappa shape index (κ1) is 24.6. The van der Waals surface area contributed by atoms with Crippen molar-refractivity contribution in [1.82, 2.24) is 5.32 Å². The fraction of sp³-hybridized carbons (Fsp3) is 0.292. The van der Waals surface area contributed by atoms with E-state index in [2.05, 4.69) is 5.32 Å². The number of amides is 1. The van der Waals surface area contributed by atoms with Crippen molar-refractivity contribution in [1.29, 1.82) is 0 Å². The van der Waals surface area contributed by atoms with E-state index in [1.54, 1.807) is 42.5 Å². The number of hydrogen-bond acceptors (Lipinski definition) is 7. The second-order valence-corrected chi connectivity index (χ2v) is 10.1. The summed E-state index contributed by atoms with van der Waals surface area (Å²) < 4.78 is 43.1. The molecule has 0 radical (unpaired) electrons. The summed E-state index contributed by atoms with van der Waals surface area (Å²) in [6.45, 7) is 4.52. The number of nitrogens with one attached hydrogen (secondary N) is 1. The highest BCUT2D eigenvalue weighted by Gasteiger charge is 2.30. The average molecular weight is 490 g/mol. The Labute approximate surface area is 198 Å². The predicted molar refractivity (Wildman–Crippen MR) is 128 cm³/mol. The molecule has 0 aliphatic carbocycles. The Balaban J connectivity index is 1.83. The van der Waals surface area contributed by atoms with Crippen molar-refractivity contribution >= 4 is 27.1 Å². The van der Waals surface area contributed by atoms with Crippen molar-refractivity contribution < 1.29 is 27.4 Å². The Bertz CT molecular complexity index is 1160. The maximum absolute atomic E-state index is 13.4. The number of benzene rings is 2. The summed E-state index contributed by atoms with van der Waals surface area (Å²) in [4.78, 5) is 13.7. The number of methoxy groups -OCH3 is 1. The molecule has 0 aliphatic heterocycles. The zero-order chi connectivity index (χ0) is 23.8. The van der Waals surface area contributed by atoms with Gasteiger partial charge in [-0.1, -0.05) is 6.07 Å². The first-order valence-corrected chi connectivity index (χ1v) is 12.9. The molecule has 1 amide bonds. The molecule has 0 fully saturated rings. The molecule has 2 aromatic carbocycles. The lowest BCUT2D eigenvalue weighted by molar-refractivity contribution is 0.0953. The normalized spacial score (nSPS) is 12.1. The van der Waals surface area contributed by atoms with Gasteiger partial charge in [0.1, 0.15) is 11.0 Å². The average Bonchev–Trinajstić information content (AvgIpc) is 3.35. The van der Waals surface area contributed by atoms with Gasteiger partial charge < -0.3 is 19.5 Å². The van der Waals surface area contributed by atoms with Gasteiger partial charge in [0.15, 0.2) is 21.3 Å². The van der Waals surface area contributed by atoms with Crippen molar-refractivity contribution in [3.8, 4) is 17.2 Å². The van der Waals surface area contributed by atoms with Crippen LogP contribution in [0.3, 0.4) is 0 Å². The zero-order valence-electron chi connectivity index (χ0n) is 18.7. The van der Waals surface area contributed by atoms with Gasteiger partial charge in [0, 0.05) is 17.0 Å². The Kier molecular flexibility index (Phi) is 8.35. The predicted octanol–water partition coefficient (Wildman–Crippen LogP) is 4.50. The van der Waals surface area contributed by atoms with Gasteiger partial charge in [-0.05, 0) is 67.8 Å². The van der Waals surface area contributed by atoms with Crippen molar-refractivity contribution in [3.05, 3.63) is 70.4 Å². The van der Waals surface area contributed by atoms with Gasteiger partial charge >= 0.3 is 0 Å². The number of carbonyl (C=O) groups excluding carboxylic acids is 1. The third kappa shape index (κ3) is 5.85. The third-order valence-corrected chi connectivity index (χ3v) is 8.11. The molecule has 0 bridgehead atoms. The molecule has 9 heteroatoms. The first-order chi connectivity index (χ1) is 15.9. The highest BCUT2D eigenvalue weighted by Crippen LogP contribution is 2.33. The number of ether oxygens (including phenoxy) is 3. The standard InChI is InChI=1S/C24H27NO6S2/c1-4-30-20-13-8-17(15-21(20)31-5-2)24(26)25-16-23(22-7-6-14-32-22)33(27,28)19-11-9-18(29-3)10-12-19/h6-15,23H,4-5,16H2,1-3H3,(H,25,26)/t23-/m1/s1. The quantitative estimate of drug-likeness (QED) is 0.427. The molecule has 1 atom stereocenters. The third-order valence-electron chi connectivity index (χ3n) is 4.88. The molecule has 0 saturated carbocycles. The van der Waals surface area contributed by atoms with Gasteiger partial charge in [0.25, 0.3) is 5.91 Å². The zero-order valence-corrected chi connectivity index (χ0v) is 20.4. The highest BCUT2D eigenvalue weighted by molar-refractivity contribution is 7.91. The van der Waals surface area contributed by atoms with Crippen LogP contribution in [0.4, 0.5) is 0 Å². The van der Waals surface area contributed by atoms with E-state index in [0.717, 1.165) is 0 Å². The second-order valence-electron chi connectivity index (χ2n) is 6.96. The summed E-state index contributed by atoms with van der Waals surface area (Å²) in [5, 5.41) is 3.66. The maximum atomic E-state index is 13.4. The summed E-state index contributed by atoms with van der Waals surface area (Å²) in [6, 6.07) is 14.7. The fourth-order valence-electron chi connectivity index (χ4n) is 3.25. The van der Waals surface area contributed by atoms with Crippen LogP contribution in [0.5, 0.6) is 17.2 Å². The van der Waals surface area contributed by atoms with Crippen LogP contribution in [-0.4, -0.2) is 41.2 Å². The minimum absolute atomic E-state index is 0.0785. The van der Waals surface area contributed by atoms with Gasteiger partial charge in [-0.25, -0.2) is 8.42 Å². The second kappa shape index (κ2) is 11.2. The molecule has 0 unspecified atom stereocenters.